The second-order valence-corrected chi connectivity index (χ2v) is 14.0. The smallest absolute Gasteiger partial charge is 0.166 e. The van der Waals surface area contributed by atoms with E-state index in [1.165, 1.54) is 16.3 Å². The maximum absolute atomic E-state index is 6.29. The first-order valence-corrected chi connectivity index (χ1v) is 18.8. The zero-order chi connectivity index (χ0) is 37.0. The number of hydrogen-bond acceptors (Lipinski definition) is 4. The zero-order valence-electron chi connectivity index (χ0n) is 30.2. The SMILES string of the molecule is c1ccc(-c2ccc(-c3nc(-c4ccccc4)nc(-c4ccccc4-n4c5ccccc5c5ccc(-c6cccc7oc8ccccc8c67)cc54)n3)cc2)cc1. The first-order chi connectivity index (χ1) is 27.8. The van der Waals surface area contributed by atoms with Gasteiger partial charge in [-0.2, -0.15) is 0 Å². The van der Waals surface area contributed by atoms with Gasteiger partial charge in [0.2, 0.25) is 0 Å². The second-order valence-electron chi connectivity index (χ2n) is 14.0. The number of para-hydroxylation sites is 3. The molecule has 0 aliphatic heterocycles. The van der Waals surface area contributed by atoms with Gasteiger partial charge in [0.05, 0.1) is 16.7 Å². The van der Waals surface area contributed by atoms with E-state index in [1.807, 2.05) is 48.5 Å². The van der Waals surface area contributed by atoms with Crippen LogP contribution in [0.1, 0.15) is 0 Å². The van der Waals surface area contributed by atoms with E-state index >= 15 is 0 Å². The van der Waals surface area contributed by atoms with Crippen molar-refractivity contribution in [1.82, 2.24) is 19.5 Å². The molecule has 262 valence electrons. The summed E-state index contributed by atoms with van der Waals surface area (Å²) in [4.78, 5) is 15.4. The molecule has 3 heterocycles. The molecule has 0 saturated heterocycles. The van der Waals surface area contributed by atoms with Crippen LogP contribution in [-0.2, 0) is 0 Å². The molecule has 56 heavy (non-hydrogen) atoms. The number of rotatable bonds is 6. The molecule has 0 unspecified atom stereocenters. The average Bonchev–Trinajstić information content (AvgIpc) is 3.82. The molecule has 0 spiro atoms. The normalized spacial score (nSPS) is 11.6. The van der Waals surface area contributed by atoms with Gasteiger partial charge in [0, 0.05) is 38.2 Å². The fraction of sp³-hybridized carbons (Fsp3) is 0. The summed E-state index contributed by atoms with van der Waals surface area (Å²) < 4.78 is 8.65. The lowest BCUT2D eigenvalue weighted by Crippen LogP contribution is -2.03. The Bertz CT molecular complexity index is 3240. The van der Waals surface area contributed by atoms with Crippen LogP contribution in [0.3, 0.4) is 0 Å². The lowest BCUT2D eigenvalue weighted by molar-refractivity contribution is 0.669. The summed E-state index contributed by atoms with van der Waals surface area (Å²) in [6.45, 7) is 0. The molecule has 0 saturated carbocycles. The molecule has 0 atom stereocenters. The Hall–Kier alpha value is -7.63. The lowest BCUT2D eigenvalue weighted by atomic mass is 9.98. The zero-order valence-corrected chi connectivity index (χ0v) is 30.2. The highest BCUT2D eigenvalue weighted by Gasteiger charge is 2.20. The third-order valence-corrected chi connectivity index (χ3v) is 10.7. The van der Waals surface area contributed by atoms with E-state index in [-0.39, 0.29) is 0 Å². The van der Waals surface area contributed by atoms with E-state index in [1.54, 1.807) is 0 Å². The summed E-state index contributed by atoms with van der Waals surface area (Å²) >= 11 is 0. The molecule has 0 aliphatic rings. The highest BCUT2D eigenvalue weighted by atomic mass is 16.3. The van der Waals surface area contributed by atoms with Gasteiger partial charge in [-0.1, -0.05) is 158 Å². The van der Waals surface area contributed by atoms with Gasteiger partial charge in [-0.3, -0.25) is 0 Å². The molecular formula is C51H32N4O. The van der Waals surface area contributed by atoms with Crippen LogP contribution in [-0.4, -0.2) is 19.5 Å². The van der Waals surface area contributed by atoms with E-state index in [0.717, 1.165) is 72.0 Å². The predicted octanol–water partition coefficient (Wildman–Crippen LogP) is 13.2. The van der Waals surface area contributed by atoms with Crippen LogP contribution < -0.4 is 0 Å². The molecule has 0 N–H and O–H groups in total. The Kier molecular flexibility index (Phi) is 7.42. The topological polar surface area (TPSA) is 56.7 Å². The predicted molar refractivity (Wildman–Crippen MR) is 229 cm³/mol. The minimum absolute atomic E-state index is 0.605. The summed E-state index contributed by atoms with van der Waals surface area (Å²) in [5, 5.41) is 4.57. The van der Waals surface area contributed by atoms with Crippen molar-refractivity contribution in [1.29, 1.82) is 0 Å². The molecule has 0 bridgehead atoms. The van der Waals surface area contributed by atoms with Crippen LogP contribution in [0.4, 0.5) is 0 Å². The number of nitrogens with zero attached hydrogens (tertiary/aromatic N) is 4. The lowest BCUT2D eigenvalue weighted by Gasteiger charge is -2.15. The van der Waals surface area contributed by atoms with Gasteiger partial charge in [-0.25, -0.2) is 15.0 Å². The number of fused-ring (bicyclic) bond motifs is 6. The third-order valence-electron chi connectivity index (χ3n) is 10.7. The largest absolute Gasteiger partial charge is 0.456 e. The Morgan fingerprint density at radius 1 is 0.339 bits per heavy atom. The monoisotopic (exact) mass is 716 g/mol. The second kappa shape index (κ2) is 13.0. The summed E-state index contributed by atoms with van der Waals surface area (Å²) in [7, 11) is 0. The van der Waals surface area contributed by atoms with E-state index in [0.29, 0.717) is 17.5 Å². The maximum atomic E-state index is 6.29. The molecule has 0 fully saturated rings. The highest BCUT2D eigenvalue weighted by molar-refractivity contribution is 6.15. The minimum Gasteiger partial charge on any atom is -0.456 e. The van der Waals surface area contributed by atoms with Crippen molar-refractivity contribution in [2.24, 2.45) is 0 Å². The molecule has 0 aliphatic carbocycles. The Balaban J connectivity index is 1.12. The van der Waals surface area contributed by atoms with E-state index < -0.39 is 0 Å². The van der Waals surface area contributed by atoms with Crippen molar-refractivity contribution < 1.29 is 4.42 Å². The van der Waals surface area contributed by atoms with Gasteiger partial charge in [-0.05, 0) is 58.7 Å². The fourth-order valence-corrected chi connectivity index (χ4v) is 8.05. The van der Waals surface area contributed by atoms with Gasteiger partial charge in [0.25, 0.3) is 0 Å². The minimum atomic E-state index is 0.605. The number of aromatic nitrogens is 4. The van der Waals surface area contributed by atoms with E-state index in [4.69, 9.17) is 19.4 Å². The number of hydrogen-bond donors (Lipinski definition) is 0. The van der Waals surface area contributed by atoms with Crippen LogP contribution in [0.15, 0.2) is 199 Å². The van der Waals surface area contributed by atoms with Crippen LogP contribution >= 0.6 is 0 Å². The van der Waals surface area contributed by atoms with Crippen molar-refractivity contribution in [3.8, 4) is 62.1 Å². The van der Waals surface area contributed by atoms with Gasteiger partial charge in [0.1, 0.15) is 11.2 Å². The molecule has 11 aromatic rings. The van der Waals surface area contributed by atoms with Gasteiger partial charge in [-0.15, -0.1) is 0 Å². The summed E-state index contributed by atoms with van der Waals surface area (Å²) in [6, 6.07) is 67.4. The number of benzene rings is 8. The van der Waals surface area contributed by atoms with Crippen molar-refractivity contribution in [3.63, 3.8) is 0 Å². The van der Waals surface area contributed by atoms with Crippen molar-refractivity contribution >= 4 is 43.7 Å². The molecule has 5 heteroatoms. The molecular weight excluding hydrogens is 685 g/mol. The van der Waals surface area contributed by atoms with E-state index in [2.05, 4.69) is 150 Å². The molecule has 3 aromatic heterocycles. The van der Waals surface area contributed by atoms with Crippen molar-refractivity contribution in [3.05, 3.63) is 194 Å². The Morgan fingerprint density at radius 2 is 0.875 bits per heavy atom. The molecule has 8 aromatic carbocycles. The first kappa shape index (κ1) is 31.9. The van der Waals surface area contributed by atoms with Gasteiger partial charge < -0.3 is 8.98 Å². The first-order valence-electron chi connectivity index (χ1n) is 18.8. The molecule has 0 radical (unpaired) electrons. The fourth-order valence-electron chi connectivity index (χ4n) is 8.05. The summed E-state index contributed by atoms with van der Waals surface area (Å²) in [5.74, 6) is 1.85. The van der Waals surface area contributed by atoms with Crippen LogP contribution in [0.5, 0.6) is 0 Å². The summed E-state index contributed by atoms with van der Waals surface area (Å²) in [6.07, 6.45) is 0. The van der Waals surface area contributed by atoms with Crippen LogP contribution in [0.25, 0.3) is 106 Å². The standard InChI is InChI=1S/C51H32N4O/c1-3-14-33(15-4-1)34-26-28-36(29-27-34)50-52-49(35-16-5-2-6-17-35)53-51(54-50)41-19-8-11-23-44(41)55-43-22-10-7-18-39(43)40-31-30-37(32-45(40)55)38-21-13-25-47-48(38)42-20-9-12-24-46(42)56-47/h1-32H. The highest BCUT2D eigenvalue weighted by Crippen LogP contribution is 2.41. The molecule has 0 amide bonds. The quantitative estimate of drug-likeness (QED) is 0.172. The Morgan fingerprint density at radius 3 is 1.68 bits per heavy atom. The summed E-state index contributed by atoms with van der Waals surface area (Å²) in [5.41, 5.74) is 12.3. The van der Waals surface area contributed by atoms with Gasteiger partial charge >= 0.3 is 0 Å². The average molecular weight is 717 g/mol. The van der Waals surface area contributed by atoms with Gasteiger partial charge in [0.15, 0.2) is 17.5 Å². The molecule has 5 nitrogen and oxygen atoms in total. The van der Waals surface area contributed by atoms with E-state index in [9.17, 15) is 0 Å². The maximum Gasteiger partial charge on any atom is 0.166 e. The van der Waals surface area contributed by atoms with Crippen molar-refractivity contribution in [2.45, 2.75) is 0 Å². The van der Waals surface area contributed by atoms with Crippen LogP contribution in [0, 0.1) is 0 Å². The van der Waals surface area contributed by atoms with Crippen molar-refractivity contribution in [2.75, 3.05) is 0 Å². The van der Waals surface area contributed by atoms with Crippen LogP contribution in [0.2, 0.25) is 0 Å². The third kappa shape index (κ3) is 5.29. The molecule has 11 rings (SSSR count). The Labute approximate surface area is 322 Å². The number of furan rings is 1.